The number of hydrogen-bond donors (Lipinski definition) is 3. The third-order valence-electron chi connectivity index (χ3n) is 4.56. The van der Waals surface area contributed by atoms with Crippen LogP contribution in [0.4, 0.5) is 17.3 Å². The average Bonchev–Trinajstić information content (AvgIpc) is 3.29. The molecule has 7 nitrogen and oxygen atoms in total. The Kier molecular flexibility index (Phi) is 7.18. The second-order valence-corrected chi connectivity index (χ2v) is 8.18. The molecule has 0 spiro atoms. The molecular weight excluding hydrogens is 392 g/mol. The molecule has 1 aliphatic rings. The fraction of sp³-hybridized carbons (Fsp3) is 0.421. The van der Waals surface area contributed by atoms with Crippen molar-refractivity contribution in [1.82, 2.24) is 15.0 Å². The van der Waals surface area contributed by atoms with Crippen LogP contribution in [0.1, 0.15) is 32.6 Å². The van der Waals surface area contributed by atoms with Crippen LogP contribution in [-0.4, -0.2) is 35.0 Å². The van der Waals surface area contributed by atoms with Crippen molar-refractivity contribution >= 4 is 51.1 Å². The summed E-state index contributed by atoms with van der Waals surface area (Å²) in [5.74, 6) is 1.33. The van der Waals surface area contributed by atoms with E-state index >= 15 is 0 Å². The maximum atomic E-state index is 5.82. The summed E-state index contributed by atoms with van der Waals surface area (Å²) < 4.78 is 7.64. The SMILES string of the molecule is CCCCCC(OC)N1CNc2c(N)ncnc21.S=c1[nH]c2ccccc2s1. The minimum Gasteiger partial charge on any atom is -0.382 e. The van der Waals surface area contributed by atoms with E-state index in [1.807, 2.05) is 18.2 Å². The summed E-state index contributed by atoms with van der Waals surface area (Å²) in [5, 5.41) is 3.22. The lowest BCUT2D eigenvalue weighted by Crippen LogP contribution is -2.36. The van der Waals surface area contributed by atoms with Crippen LogP contribution >= 0.6 is 23.6 Å². The van der Waals surface area contributed by atoms with Gasteiger partial charge in [0.2, 0.25) is 0 Å². The van der Waals surface area contributed by atoms with Crippen LogP contribution in [-0.2, 0) is 4.74 Å². The van der Waals surface area contributed by atoms with Crippen LogP contribution in [0.3, 0.4) is 0 Å². The predicted octanol–water partition coefficient (Wildman–Crippen LogP) is 4.76. The monoisotopic (exact) mass is 418 g/mol. The third-order valence-corrected chi connectivity index (χ3v) is 5.77. The first-order valence-corrected chi connectivity index (χ1v) is 10.6. The van der Waals surface area contributed by atoms with E-state index in [2.05, 4.69) is 38.2 Å². The van der Waals surface area contributed by atoms with Crippen molar-refractivity contribution < 1.29 is 4.74 Å². The number of H-pyrrole nitrogens is 1. The lowest BCUT2D eigenvalue weighted by atomic mass is 10.2. The Labute approximate surface area is 174 Å². The number of para-hydroxylation sites is 1. The molecule has 3 aromatic rings. The van der Waals surface area contributed by atoms with Crippen molar-refractivity contribution in [3.8, 4) is 0 Å². The van der Waals surface area contributed by atoms with Crippen LogP contribution in [0.2, 0.25) is 0 Å². The largest absolute Gasteiger partial charge is 0.382 e. The number of aromatic amines is 1. The molecule has 1 aliphatic heterocycles. The fourth-order valence-corrected chi connectivity index (χ4v) is 4.23. The van der Waals surface area contributed by atoms with Gasteiger partial charge in [0.1, 0.15) is 18.2 Å². The summed E-state index contributed by atoms with van der Waals surface area (Å²) >= 11 is 6.59. The Morgan fingerprint density at radius 1 is 1.32 bits per heavy atom. The number of benzene rings is 1. The number of ether oxygens (including phenoxy) is 1. The number of thiazole rings is 1. The minimum absolute atomic E-state index is 0.0413. The van der Waals surface area contributed by atoms with Gasteiger partial charge in [-0.2, -0.15) is 0 Å². The molecule has 0 bridgehead atoms. The maximum Gasteiger partial charge on any atom is 0.161 e. The van der Waals surface area contributed by atoms with Gasteiger partial charge in [0, 0.05) is 7.11 Å². The molecule has 1 atom stereocenters. The molecule has 1 unspecified atom stereocenters. The second-order valence-electron chi connectivity index (χ2n) is 6.46. The number of hydrogen-bond acceptors (Lipinski definition) is 8. The minimum atomic E-state index is 0.0413. The van der Waals surface area contributed by atoms with E-state index in [4.69, 9.17) is 22.7 Å². The van der Waals surface area contributed by atoms with E-state index in [9.17, 15) is 0 Å². The number of unbranched alkanes of at least 4 members (excludes halogenated alkanes) is 2. The van der Waals surface area contributed by atoms with E-state index in [0.29, 0.717) is 12.5 Å². The van der Waals surface area contributed by atoms with Crippen molar-refractivity contribution in [3.63, 3.8) is 0 Å². The number of fused-ring (bicyclic) bond motifs is 2. The smallest absolute Gasteiger partial charge is 0.161 e. The Morgan fingerprint density at radius 3 is 2.89 bits per heavy atom. The first-order valence-electron chi connectivity index (χ1n) is 9.35. The van der Waals surface area contributed by atoms with Gasteiger partial charge in [0.25, 0.3) is 0 Å². The topological polar surface area (TPSA) is 92.1 Å². The quantitative estimate of drug-likeness (QED) is 0.392. The van der Waals surface area contributed by atoms with E-state index in [1.54, 1.807) is 18.4 Å². The van der Waals surface area contributed by atoms with Crippen molar-refractivity contribution in [1.29, 1.82) is 0 Å². The highest BCUT2D eigenvalue weighted by atomic mass is 32.1. The van der Waals surface area contributed by atoms with Crippen molar-refractivity contribution in [2.75, 3.05) is 29.7 Å². The molecule has 0 radical (unpaired) electrons. The number of anilines is 3. The van der Waals surface area contributed by atoms with E-state index in [-0.39, 0.29) is 6.23 Å². The van der Waals surface area contributed by atoms with Crippen molar-refractivity contribution in [2.45, 2.75) is 38.8 Å². The molecule has 0 aliphatic carbocycles. The molecule has 0 amide bonds. The lowest BCUT2D eigenvalue weighted by molar-refractivity contribution is 0.0910. The number of rotatable bonds is 6. The molecule has 3 heterocycles. The van der Waals surface area contributed by atoms with Gasteiger partial charge in [0.15, 0.2) is 15.6 Å². The molecule has 9 heteroatoms. The molecule has 1 aromatic carbocycles. The Bertz CT molecular complexity index is 921. The van der Waals surface area contributed by atoms with Crippen LogP contribution in [0.25, 0.3) is 10.2 Å². The molecule has 0 fully saturated rings. The van der Waals surface area contributed by atoms with Crippen LogP contribution in [0.5, 0.6) is 0 Å². The number of nitrogens with zero attached hydrogens (tertiary/aromatic N) is 3. The highest BCUT2D eigenvalue weighted by molar-refractivity contribution is 7.73. The van der Waals surface area contributed by atoms with Crippen molar-refractivity contribution in [2.24, 2.45) is 0 Å². The number of aromatic nitrogens is 3. The van der Waals surface area contributed by atoms with Gasteiger partial charge in [-0.3, -0.25) is 0 Å². The summed E-state index contributed by atoms with van der Waals surface area (Å²) in [5.41, 5.74) is 7.77. The van der Waals surface area contributed by atoms with E-state index in [0.717, 1.165) is 33.8 Å². The summed E-state index contributed by atoms with van der Waals surface area (Å²) in [6.45, 7) is 2.87. The van der Waals surface area contributed by atoms with Gasteiger partial charge in [-0.1, -0.05) is 31.9 Å². The standard InChI is InChI=1S/C12H21N5O.C7H5NS2/c1-3-4-5-6-9(18-2)17-8-16-10-11(13)14-7-15-12(10)17;9-7-8-5-3-1-2-4-6(5)10-7/h7,9,16H,3-6,8H2,1-2H3,(H2,13,14,15);1-4H,(H,8,9). The Balaban J connectivity index is 0.000000188. The van der Waals surface area contributed by atoms with Gasteiger partial charge >= 0.3 is 0 Å². The lowest BCUT2D eigenvalue weighted by Gasteiger charge is -2.27. The molecule has 28 heavy (non-hydrogen) atoms. The predicted molar refractivity (Wildman–Crippen MR) is 119 cm³/mol. The molecule has 150 valence electrons. The van der Waals surface area contributed by atoms with Gasteiger partial charge in [-0.05, 0) is 37.2 Å². The first-order chi connectivity index (χ1) is 13.6. The summed E-state index contributed by atoms with van der Waals surface area (Å²) in [6, 6.07) is 8.11. The molecule has 0 saturated heterocycles. The second kappa shape index (κ2) is 9.81. The average molecular weight is 419 g/mol. The van der Waals surface area contributed by atoms with E-state index < -0.39 is 0 Å². The van der Waals surface area contributed by atoms with Crippen molar-refractivity contribution in [3.05, 3.63) is 34.5 Å². The zero-order valence-corrected chi connectivity index (χ0v) is 17.8. The fourth-order valence-electron chi connectivity index (χ4n) is 3.12. The highest BCUT2D eigenvalue weighted by Gasteiger charge is 2.28. The number of nitrogens with two attached hydrogens (primary N) is 1. The molecule has 4 rings (SSSR count). The Morgan fingerprint density at radius 2 is 2.14 bits per heavy atom. The van der Waals surface area contributed by atoms with Crippen LogP contribution in [0, 0.1) is 3.95 Å². The van der Waals surface area contributed by atoms with E-state index in [1.165, 1.54) is 23.9 Å². The van der Waals surface area contributed by atoms with Gasteiger partial charge < -0.3 is 25.7 Å². The number of nitrogen functional groups attached to an aromatic ring is 1. The number of methoxy groups -OCH3 is 1. The summed E-state index contributed by atoms with van der Waals surface area (Å²) in [7, 11) is 1.74. The Hall–Kier alpha value is -2.23. The molecule has 2 aromatic heterocycles. The first kappa shape index (κ1) is 20.5. The van der Waals surface area contributed by atoms with Crippen LogP contribution < -0.4 is 16.0 Å². The normalized spacial score (nSPS) is 13.6. The maximum absolute atomic E-state index is 5.82. The zero-order chi connectivity index (χ0) is 19.9. The molecule has 4 N–H and O–H groups in total. The molecular formula is C19H26N6OS2. The third kappa shape index (κ3) is 4.78. The molecule has 0 saturated carbocycles. The highest BCUT2D eigenvalue weighted by Crippen LogP contribution is 2.34. The number of nitrogens with one attached hydrogen (secondary N) is 2. The van der Waals surface area contributed by atoms with Gasteiger partial charge in [-0.15, -0.1) is 11.3 Å². The van der Waals surface area contributed by atoms with Crippen LogP contribution in [0.15, 0.2) is 30.6 Å². The summed E-state index contributed by atoms with van der Waals surface area (Å²) in [4.78, 5) is 13.5. The van der Waals surface area contributed by atoms with Gasteiger partial charge in [0.05, 0.1) is 16.9 Å². The zero-order valence-electron chi connectivity index (χ0n) is 16.1. The summed E-state index contributed by atoms with van der Waals surface area (Å²) in [6.07, 6.45) is 6.11. The van der Waals surface area contributed by atoms with Gasteiger partial charge in [-0.25, -0.2) is 9.97 Å².